The molecule has 2 aromatic rings. The number of amides is 1. The van der Waals surface area contributed by atoms with Crippen LogP contribution in [0.1, 0.15) is 54.5 Å². The minimum absolute atomic E-state index is 0.0908. The van der Waals surface area contributed by atoms with Crippen molar-refractivity contribution in [2.75, 3.05) is 6.54 Å². The monoisotopic (exact) mass is 332 g/mol. The van der Waals surface area contributed by atoms with Crippen LogP contribution < -0.4 is 0 Å². The minimum atomic E-state index is -0.750. The van der Waals surface area contributed by atoms with Crippen LogP contribution in [0.15, 0.2) is 41.1 Å². The molecule has 0 saturated carbocycles. The molecule has 3 heterocycles. The highest BCUT2D eigenvalue weighted by molar-refractivity contribution is 5.92. The number of hydrogen-bond acceptors (Lipinski definition) is 4. The summed E-state index contributed by atoms with van der Waals surface area (Å²) in [6, 6.07) is 6.02. The van der Waals surface area contributed by atoms with Gasteiger partial charge in [0, 0.05) is 19.0 Å². The number of aliphatic hydroxyl groups is 1. The Morgan fingerprint density at radius 1 is 1.38 bits per heavy atom. The van der Waals surface area contributed by atoms with Crippen molar-refractivity contribution >= 4 is 5.91 Å². The van der Waals surface area contributed by atoms with E-state index in [4.69, 9.17) is 4.42 Å². The number of carbonyl (C=O) groups is 1. The number of aromatic nitrogens is 1. The second-order valence-electron chi connectivity index (χ2n) is 6.13. The Hall–Kier alpha value is -2.21. The summed E-state index contributed by atoms with van der Waals surface area (Å²) in [7, 11) is 0. The average Bonchev–Trinajstić information content (AvgIpc) is 3.03. The van der Waals surface area contributed by atoms with Crippen molar-refractivity contribution in [1.82, 2.24) is 9.88 Å². The first-order chi connectivity index (χ1) is 11.6. The van der Waals surface area contributed by atoms with Crippen molar-refractivity contribution in [3.63, 3.8) is 0 Å². The summed E-state index contributed by atoms with van der Waals surface area (Å²) in [5.74, 6) is -0.174. The summed E-state index contributed by atoms with van der Waals surface area (Å²) in [5.41, 5.74) is 0.232. The molecular weight excluding hydrogens is 311 g/mol. The fourth-order valence-electron chi connectivity index (χ4n) is 3.19. The highest BCUT2D eigenvalue weighted by atomic mass is 19.1. The smallest absolute Gasteiger partial charge is 0.272 e. The van der Waals surface area contributed by atoms with Gasteiger partial charge in [0.1, 0.15) is 23.4 Å². The molecule has 0 spiro atoms. The molecule has 1 aliphatic heterocycles. The van der Waals surface area contributed by atoms with Gasteiger partial charge in [-0.3, -0.25) is 4.79 Å². The van der Waals surface area contributed by atoms with Crippen molar-refractivity contribution < 1.29 is 18.7 Å². The van der Waals surface area contributed by atoms with Gasteiger partial charge in [-0.25, -0.2) is 9.37 Å². The number of halogens is 1. The molecule has 0 bridgehead atoms. The standard InChI is InChI=1S/C18H21FN2O3/c19-13-7-8-15(20-12-13)18(23)21-9-3-1-2-5-14(21)11-16(22)17-6-4-10-24-17/h4,6-8,10,12,14,16,22H,1-3,5,9,11H2/t14-,16-/m0/s1. The van der Waals surface area contributed by atoms with Crippen LogP contribution in [-0.4, -0.2) is 33.5 Å². The Morgan fingerprint density at radius 2 is 2.25 bits per heavy atom. The van der Waals surface area contributed by atoms with E-state index in [0.717, 1.165) is 31.9 Å². The molecule has 1 aliphatic rings. The first kappa shape index (κ1) is 16.6. The van der Waals surface area contributed by atoms with E-state index in [1.807, 2.05) is 0 Å². The number of likely N-dealkylation sites (tertiary alicyclic amines) is 1. The molecule has 2 atom stereocenters. The van der Waals surface area contributed by atoms with Crippen molar-refractivity contribution in [2.24, 2.45) is 0 Å². The number of hydrogen-bond donors (Lipinski definition) is 1. The third kappa shape index (κ3) is 3.82. The molecule has 3 rings (SSSR count). The zero-order valence-electron chi connectivity index (χ0n) is 13.4. The minimum Gasteiger partial charge on any atom is -0.467 e. The summed E-state index contributed by atoms with van der Waals surface area (Å²) < 4.78 is 18.3. The Balaban J connectivity index is 1.76. The van der Waals surface area contributed by atoms with E-state index < -0.39 is 11.9 Å². The van der Waals surface area contributed by atoms with Gasteiger partial charge in [-0.15, -0.1) is 0 Å². The molecule has 0 radical (unpaired) electrons. The Bertz CT molecular complexity index is 657. The first-order valence-corrected chi connectivity index (χ1v) is 8.29. The van der Waals surface area contributed by atoms with Crippen molar-refractivity contribution in [3.8, 4) is 0 Å². The van der Waals surface area contributed by atoms with E-state index in [9.17, 15) is 14.3 Å². The molecule has 24 heavy (non-hydrogen) atoms. The maximum Gasteiger partial charge on any atom is 0.272 e. The van der Waals surface area contributed by atoms with E-state index in [1.165, 1.54) is 18.4 Å². The molecule has 2 aromatic heterocycles. The van der Waals surface area contributed by atoms with E-state index in [2.05, 4.69) is 4.98 Å². The molecule has 6 heteroatoms. The van der Waals surface area contributed by atoms with E-state index in [-0.39, 0.29) is 17.6 Å². The lowest BCUT2D eigenvalue weighted by atomic mass is 10.0. The molecule has 0 unspecified atom stereocenters. The van der Waals surface area contributed by atoms with Crippen LogP contribution >= 0.6 is 0 Å². The molecule has 1 fully saturated rings. The summed E-state index contributed by atoms with van der Waals surface area (Å²) >= 11 is 0. The molecule has 0 aliphatic carbocycles. The molecule has 1 amide bonds. The van der Waals surface area contributed by atoms with Gasteiger partial charge in [-0.1, -0.05) is 12.8 Å². The van der Waals surface area contributed by atoms with Crippen molar-refractivity contribution in [3.05, 3.63) is 54.0 Å². The second-order valence-corrected chi connectivity index (χ2v) is 6.13. The number of aliphatic hydroxyl groups excluding tert-OH is 1. The zero-order valence-corrected chi connectivity index (χ0v) is 13.4. The second kappa shape index (κ2) is 7.57. The van der Waals surface area contributed by atoms with Gasteiger partial charge < -0.3 is 14.4 Å². The topological polar surface area (TPSA) is 66.6 Å². The van der Waals surface area contributed by atoms with E-state index >= 15 is 0 Å². The fourth-order valence-corrected chi connectivity index (χ4v) is 3.19. The van der Waals surface area contributed by atoms with Crippen LogP contribution in [0, 0.1) is 5.82 Å². The van der Waals surface area contributed by atoms with Gasteiger partial charge in [0.25, 0.3) is 5.91 Å². The van der Waals surface area contributed by atoms with Crippen LogP contribution in [0.5, 0.6) is 0 Å². The fraction of sp³-hybridized carbons (Fsp3) is 0.444. The van der Waals surface area contributed by atoms with E-state index in [1.54, 1.807) is 17.0 Å². The third-order valence-electron chi connectivity index (χ3n) is 4.45. The SMILES string of the molecule is O=C(c1ccc(F)cn1)N1CCCCC[C@H]1C[C@H](O)c1ccco1. The average molecular weight is 332 g/mol. The number of carbonyl (C=O) groups excluding carboxylic acids is 1. The van der Waals surface area contributed by atoms with E-state index in [0.29, 0.717) is 18.7 Å². The lowest BCUT2D eigenvalue weighted by molar-refractivity contribution is 0.0552. The maximum atomic E-state index is 13.0. The van der Waals surface area contributed by atoms with Gasteiger partial charge in [0.05, 0.1) is 12.5 Å². The Labute approximate surface area is 140 Å². The van der Waals surface area contributed by atoms with Gasteiger partial charge in [0.2, 0.25) is 0 Å². The maximum absolute atomic E-state index is 13.0. The van der Waals surface area contributed by atoms with Crippen LogP contribution in [0.3, 0.4) is 0 Å². The van der Waals surface area contributed by atoms with Crippen LogP contribution in [0.2, 0.25) is 0 Å². The Morgan fingerprint density at radius 3 is 2.96 bits per heavy atom. The molecule has 1 N–H and O–H groups in total. The highest BCUT2D eigenvalue weighted by Crippen LogP contribution is 2.27. The lowest BCUT2D eigenvalue weighted by Gasteiger charge is -2.31. The molecule has 128 valence electrons. The molecule has 5 nitrogen and oxygen atoms in total. The van der Waals surface area contributed by atoms with Crippen LogP contribution in [-0.2, 0) is 0 Å². The summed E-state index contributed by atoms with van der Waals surface area (Å²) in [4.78, 5) is 18.4. The molecular formula is C18H21FN2O3. The predicted molar refractivity (Wildman–Crippen MR) is 85.8 cm³/mol. The van der Waals surface area contributed by atoms with Crippen LogP contribution in [0.25, 0.3) is 0 Å². The summed E-state index contributed by atoms with van der Waals surface area (Å²) in [5, 5.41) is 10.4. The number of nitrogens with zero attached hydrogens (tertiary/aromatic N) is 2. The largest absolute Gasteiger partial charge is 0.467 e. The van der Waals surface area contributed by atoms with Crippen LogP contribution in [0.4, 0.5) is 4.39 Å². The first-order valence-electron chi connectivity index (χ1n) is 8.29. The number of furan rings is 1. The highest BCUT2D eigenvalue weighted by Gasteiger charge is 2.29. The Kier molecular flexibility index (Phi) is 5.25. The predicted octanol–water partition coefficient (Wildman–Crippen LogP) is 3.32. The molecule has 0 aromatic carbocycles. The number of pyridine rings is 1. The van der Waals surface area contributed by atoms with Gasteiger partial charge >= 0.3 is 0 Å². The van der Waals surface area contributed by atoms with Crippen molar-refractivity contribution in [1.29, 1.82) is 0 Å². The van der Waals surface area contributed by atoms with Gasteiger partial charge in [0.15, 0.2) is 0 Å². The quantitative estimate of drug-likeness (QED) is 0.933. The number of rotatable bonds is 4. The normalized spacial score (nSPS) is 19.8. The summed E-state index contributed by atoms with van der Waals surface area (Å²) in [6.07, 6.45) is 6.05. The zero-order chi connectivity index (χ0) is 16.9. The summed E-state index contributed by atoms with van der Waals surface area (Å²) in [6.45, 7) is 0.618. The lowest BCUT2D eigenvalue weighted by Crippen LogP contribution is -2.41. The van der Waals surface area contributed by atoms with Crippen molar-refractivity contribution in [2.45, 2.75) is 44.2 Å². The van der Waals surface area contributed by atoms with Gasteiger partial charge in [-0.05, 0) is 37.1 Å². The van der Waals surface area contributed by atoms with Gasteiger partial charge in [-0.2, -0.15) is 0 Å². The third-order valence-corrected chi connectivity index (χ3v) is 4.45. The molecule has 1 saturated heterocycles.